The van der Waals surface area contributed by atoms with E-state index in [9.17, 15) is 19.1 Å². The molecule has 7 heteroatoms. The van der Waals surface area contributed by atoms with E-state index < -0.39 is 23.9 Å². The minimum absolute atomic E-state index is 0.0123. The first-order chi connectivity index (χ1) is 12.5. The summed E-state index contributed by atoms with van der Waals surface area (Å²) in [5.74, 6) is -0.866. The molecule has 2 amide bonds. The molecule has 0 bridgehead atoms. The number of carbonyl (C=O) groups excluding carboxylic acids is 1. The van der Waals surface area contributed by atoms with Crippen LogP contribution in [0.4, 0.5) is 14.9 Å². The van der Waals surface area contributed by atoms with Crippen molar-refractivity contribution in [3.63, 3.8) is 0 Å². The molecule has 5 nitrogen and oxygen atoms in total. The number of hydrogen-bond donors (Lipinski definition) is 2. The van der Waals surface area contributed by atoms with Gasteiger partial charge in [-0.3, -0.25) is 9.69 Å². The summed E-state index contributed by atoms with van der Waals surface area (Å²) in [5, 5.41) is 12.3. The lowest BCUT2D eigenvalue weighted by atomic mass is 10.0. The average molecular weight is 375 g/mol. The van der Waals surface area contributed by atoms with E-state index in [4.69, 9.17) is 11.6 Å². The fourth-order valence-corrected chi connectivity index (χ4v) is 3.94. The highest BCUT2D eigenvalue weighted by atomic mass is 35.5. The lowest BCUT2D eigenvalue weighted by Crippen LogP contribution is -2.44. The highest BCUT2D eigenvalue weighted by Gasteiger charge is 2.56. The van der Waals surface area contributed by atoms with Crippen LogP contribution >= 0.6 is 11.6 Å². The molecule has 2 N–H and O–H groups in total. The standard InChI is InChI=1S/C19H16ClFN2O3/c20-13-6-2-1-4-11(13)12-5-3-7-14(17(12)21)22-18(24)16-9-10-8-15(10)23(16)19(25)26/h1-7,10,15-16H,8-9H2,(H,22,24)(H,25,26). The van der Waals surface area contributed by atoms with Crippen molar-refractivity contribution in [3.05, 3.63) is 53.3 Å². The molecular weight excluding hydrogens is 359 g/mol. The fourth-order valence-electron chi connectivity index (χ4n) is 3.70. The van der Waals surface area contributed by atoms with Crippen LogP contribution in [0.25, 0.3) is 11.1 Å². The highest BCUT2D eigenvalue weighted by Crippen LogP contribution is 2.48. The minimum atomic E-state index is -1.11. The predicted molar refractivity (Wildman–Crippen MR) is 95.6 cm³/mol. The second-order valence-corrected chi connectivity index (χ2v) is 7.05. The number of hydrogen-bond acceptors (Lipinski definition) is 2. The lowest BCUT2D eigenvalue weighted by Gasteiger charge is -2.24. The largest absolute Gasteiger partial charge is 0.465 e. The topological polar surface area (TPSA) is 69.6 Å². The molecule has 1 saturated carbocycles. The van der Waals surface area contributed by atoms with Crippen LogP contribution in [0.15, 0.2) is 42.5 Å². The van der Waals surface area contributed by atoms with Gasteiger partial charge in [0.05, 0.1) is 5.69 Å². The van der Waals surface area contributed by atoms with Gasteiger partial charge in [0.25, 0.3) is 0 Å². The van der Waals surface area contributed by atoms with Crippen molar-refractivity contribution in [2.75, 3.05) is 5.32 Å². The number of carbonyl (C=O) groups is 2. The van der Waals surface area contributed by atoms with Crippen molar-refractivity contribution < 1.29 is 19.1 Å². The molecule has 2 fully saturated rings. The minimum Gasteiger partial charge on any atom is -0.465 e. The number of carboxylic acid groups (broad SMARTS) is 1. The number of fused-ring (bicyclic) bond motifs is 1. The van der Waals surface area contributed by atoms with Crippen molar-refractivity contribution in [1.82, 2.24) is 4.90 Å². The summed E-state index contributed by atoms with van der Waals surface area (Å²) in [7, 11) is 0. The predicted octanol–water partition coefficient (Wildman–Crippen LogP) is 4.23. The molecule has 1 aliphatic heterocycles. The second kappa shape index (κ2) is 6.29. The van der Waals surface area contributed by atoms with Crippen molar-refractivity contribution in [2.45, 2.75) is 24.9 Å². The summed E-state index contributed by atoms with van der Waals surface area (Å²) in [6, 6.07) is 10.7. The maximum atomic E-state index is 14.9. The molecule has 2 aromatic rings. The summed E-state index contributed by atoms with van der Waals surface area (Å²) in [6.07, 6.45) is 0.168. The zero-order valence-electron chi connectivity index (χ0n) is 13.7. The van der Waals surface area contributed by atoms with Gasteiger partial charge in [-0.05, 0) is 30.9 Å². The maximum absolute atomic E-state index is 14.9. The first kappa shape index (κ1) is 16.8. The van der Waals surface area contributed by atoms with E-state index in [1.165, 1.54) is 11.0 Å². The Morgan fingerprint density at radius 3 is 2.58 bits per heavy atom. The third kappa shape index (κ3) is 2.80. The first-order valence-electron chi connectivity index (χ1n) is 8.33. The van der Waals surface area contributed by atoms with Crippen molar-refractivity contribution in [2.24, 2.45) is 5.92 Å². The summed E-state index contributed by atoms with van der Waals surface area (Å²) in [5.41, 5.74) is 0.813. The van der Waals surface area contributed by atoms with Crippen LogP contribution in [0.1, 0.15) is 12.8 Å². The van der Waals surface area contributed by atoms with E-state index in [2.05, 4.69) is 5.32 Å². The molecule has 4 rings (SSSR count). The summed E-state index contributed by atoms with van der Waals surface area (Å²) in [4.78, 5) is 25.2. The van der Waals surface area contributed by atoms with E-state index in [0.717, 1.165) is 6.42 Å². The Morgan fingerprint density at radius 2 is 1.85 bits per heavy atom. The molecule has 2 aromatic carbocycles. The van der Waals surface area contributed by atoms with Crippen LogP contribution in [0, 0.1) is 11.7 Å². The number of anilines is 1. The third-order valence-corrected chi connectivity index (χ3v) is 5.38. The van der Waals surface area contributed by atoms with Gasteiger partial charge >= 0.3 is 6.09 Å². The molecular formula is C19H16ClFN2O3. The van der Waals surface area contributed by atoms with Crippen LogP contribution in [0.3, 0.4) is 0 Å². The van der Waals surface area contributed by atoms with Gasteiger partial charge in [-0.15, -0.1) is 0 Å². The van der Waals surface area contributed by atoms with E-state index >= 15 is 0 Å². The monoisotopic (exact) mass is 374 g/mol. The Balaban J connectivity index is 1.59. The molecule has 26 heavy (non-hydrogen) atoms. The van der Waals surface area contributed by atoms with Crippen molar-refractivity contribution in [3.8, 4) is 11.1 Å². The number of amides is 2. The number of likely N-dealkylation sites (tertiary alicyclic amines) is 1. The average Bonchev–Trinajstić information content (AvgIpc) is 3.26. The Bertz CT molecular complexity index is 904. The SMILES string of the molecule is O=C(Nc1cccc(-c2ccccc2Cl)c1F)C1CC2CC2N1C(=O)O. The molecule has 1 heterocycles. The molecule has 3 atom stereocenters. The van der Waals surface area contributed by atoms with Crippen molar-refractivity contribution >= 4 is 29.3 Å². The Labute approximate surface area is 154 Å². The number of rotatable bonds is 3. The lowest BCUT2D eigenvalue weighted by molar-refractivity contribution is -0.120. The van der Waals surface area contributed by atoms with Gasteiger partial charge in [0.2, 0.25) is 5.91 Å². The second-order valence-electron chi connectivity index (χ2n) is 6.64. The smallest absolute Gasteiger partial charge is 0.408 e. The Kier molecular flexibility index (Phi) is 4.07. The van der Waals surface area contributed by atoms with Gasteiger partial charge in [-0.25, -0.2) is 9.18 Å². The van der Waals surface area contributed by atoms with E-state index in [0.29, 0.717) is 17.0 Å². The molecule has 2 aliphatic rings. The molecule has 1 aliphatic carbocycles. The van der Waals surface area contributed by atoms with Crippen LogP contribution in [-0.4, -0.2) is 34.1 Å². The number of nitrogens with zero attached hydrogens (tertiary/aromatic N) is 1. The molecule has 3 unspecified atom stereocenters. The van der Waals surface area contributed by atoms with Crippen LogP contribution in [0.2, 0.25) is 5.02 Å². The molecule has 0 spiro atoms. The van der Waals surface area contributed by atoms with Gasteiger partial charge in [-0.1, -0.05) is 41.9 Å². The summed E-state index contributed by atoms with van der Waals surface area (Å²) < 4.78 is 14.9. The van der Waals surface area contributed by atoms with E-state index in [1.807, 2.05) is 0 Å². The number of nitrogens with one attached hydrogen (secondary N) is 1. The maximum Gasteiger partial charge on any atom is 0.408 e. The first-order valence-corrected chi connectivity index (χ1v) is 8.70. The molecule has 134 valence electrons. The Morgan fingerprint density at radius 1 is 1.12 bits per heavy atom. The van der Waals surface area contributed by atoms with E-state index in [1.54, 1.807) is 36.4 Å². The van der Waals surface area contributed by atoms with Crippen LogP contribution < -0.4 is 5.32 Å². The van der Waals surface area contributed by atoms with Gasteiger partial charge in [-0.2, -0.15) is 0 Å². The summed E-state index contributed by atoms with van der Waals surface area (Å²) >= 11 is 6.14. The van der Waals surface area contributed by atoms with Gasteiger partial charge in [0.1, 0.15) is 6.04 Å². The molecule has 0 aromatic heterocycles. The quantitative estimate of drug-likeness (QED) is 0.844. The van der Waals surface area contributed by atoms with E-state index in [-0.39, 0.29) is 23.2 Å². The van der Waals surface area contributed by atoms with Crippen molar-refractivity contribution in [1.29, 1.82) is 0 Å². The molecule has 1 saturated heterocycles. The highest BCUT2D eigenvalue weighted by molar-refractivity contribution is 6.33. The third-order valence-electron chi connectivity index (χ3n) is 5.05. The van der Waals surface area contributed by atoms with Crippen LogP contribution in [0.5, 0.6) is 0 Å². The number of halogens is 2. The summed E-state index contributed by atoms with van der Waals surface area (Å²) in [6.45, 7) is 0. The zero-order chi connectivity index (χ0) is 18.4. The normalized spacial score (nSPS) is 23.5. The fraction of sp³-hybridized carbons (Fsp3) is 0.263. The van der Waals surface area contributed by atoms with Gasteiger partial charge in [0.15, 0.2) is 5.82 Å². The molecule has 0 radical (unpaired) electrons. The van der Waals surface area contributed by atoms with Gasteiger partial charge in [0, 0.05) is 22.2 Å². The Hall–Kier alpha value is -2.60. The number of benzene rings is 2. The van der Waals surface area contributed by atoms with Gasteiger partial charge < -0.3 is 10.4 Å². The van der Waals surface area contributed by atoms with Crippen LogP contribution in [-0.2, 0) is 4.79 Å². The number of piperidine rings is 1. The zero-order valence-corrected chi connectivity index (χ0v) is 14.4.